The van der Waals surface area contributed by atoms with Crippen molar-refractivity contribution in [3.8, 4) is 0 Å². The van der Waals surface area contributed by atoms with Crippen LogP contribution < -0.4 is 5.32 Å². The van der Waals surface area contributed by atoms with Crippen LogP contribution in [-0.4, -0.2) is 23.7 Å². The molecule has 0 radical (unpaired) electrons. The Balaban J connectivity index is 1.74. The Morgan fingerprint density at radius 2 is 1.81 bits per heavy atom. The molecule has 2 aromatic rings. The van der Waals surface area contributed by atoms with Crippen molar-refractivity contribution in [3.63, 3.8) is 0 Å². The molecular weight excluding hydrogens is 260 g/mol. The minimum atomic E-state index is 0.189. The topological polar surface area (TPSA) is 34.2 Å². The SMILES string of the molecule is CC1CCC(CNC(c2ccccc2)c2ccncc2)O1. The van der Waals surface area contributed by atoms with Crippen LogP contribution in [0, 0.1) is 0 Å². The number of pyridine rings is 1. The van der Waals surface area contributed by atoms with Gasteiger partial charge >= 0.3 is 0 Å². The molecule has 0 aliphatic carbocycles. The highest BCUT2D eigenvalue weighted by Crippen LogP contribution is 2.23. The van der Waals surface area contributed by atoms with Gasteiger partial charge in [-0.15, -0.1) is 0 Å². The molecule has 3 heteroatoms. The van der Waals surface area contributed by atoms with Crippen LogP contribution in [-0.2, 0) is 4.74 Å². The molecule has 3 nitrogen and oxygen atoms in total. The molecule has 1 aromatic heterocycles. The summed E-state index contributed by atoms with van der Waals surface area (Å²) in [4.78, 5) is 4.12. The molecule has 1 fully saturated rings. The maximum Gasteiger partial charge on any atom is 0.0704 e. The van der Waals surface area contributed by atoms with Gasteiger partial charge in [0, 0.05) is 18.9 Å². The number of nitrogens with zero attached hydrogens (tertiary/aromatic N) is 1. The van der Waals surface area contributed by atoms with E-state index in [-0.39, 0.29) is 6.04 Å². The predicted octanol–water partition coefficient (Wildman–Crippen LogP) is 3.33. The molecule has 3 unspecified atom stereocenters. The van der Waals surface area contributed by atoms with E-state index in [1.807, 2.05) is 12.4 Å². The van der Waals surface area contributed by atoms with Crippen LogP contribution in [0.2, 0.25) is 0 Å². The molecule has 1 aliphatic rings. The van der Waals surface area contributed by atoms with Crippen LogP contribution in [0.5, 0.6) is 0 Å². The molecule has 0 amide bonds. The smallest absolute Gasteiger partial charge is 0.0704 e. The van der Waals surface area contributed by atoms with E-state index in [2.05, 4.69) is 59.7 Å². The number of hydrogen-bond donors (Lipinski definition) is 1. The summed E-state index contributed by atoms with van der Waals surface area (Å²) in [6.45, 7) is 3.03. The van der Waals surface area contributed by atoms with E-state index >= 15 is 0 Å². The number of ether oxygens (including phenoxy) is 1. The highest BCUT2D eigenvalue weighted by atomic mass is 16.5. The molecule has 21 heavy (non-hydrogen) atoms. The molecule has 0 bridgehead atoms. The van der Waals surface area contributed by atoms with Crippen LogP contribution in [0.1, 0.15) is 36.9 Å². The van der Waals surface area contributed by atoms with Gasteiger partial charge in [0.25, 0.3) is 0 Å². The third-order valence-corrected chi connectivity index (χ3v) is 4.04. The molecule has 3 atom stereocenters. The van der Waals surface area contributed by atoms with Gasteiger partial charge in [-0.05, 0) is 43.0 Å². The first-order valence-corrected chi connectivity index (χ1v) is 7.66. The normalized spacial score (nSPS) is 23.1. The fourth-order valence-electron chi connectivity index (χ4n) is 2.91. The Morgan fingerprint density at radius 3 is 2.48 bits per heavy atom. The van der Waals surface area contributed by atoms with Gasteiger partial charge in [0.15, 0.2) is 0 Å². The zero-order chi connectivity index (χ0) is 14.5. The standard InChI is InChI=1S/C18H22N2O/c1-14-7-8-17(21-14)13-20-18(15-5-3-2-4-6-15)16-9-11-19-12-10-16/h2-6,9-12,14,17-18,20H,7-8,13H2,1H3. The predicted molar refractivity (Wildman–Crippen MR) is 84.1 cm³/mol. The van der Waals surface area contributed by atoms with Crippen molar-refractivity contribution in [2.45, 2.75) is 38.0 Å². The van der Waals surface area contributed by atoms with Crippen LogP contribution in [0.3, 0.4) is 0 Å². The summed E-state index contributed by atoms with van der Waals surface area (Å²) < 4.78 is 5.91. The lowest BCUT2D eigenvalue weighted by atomic mass is 9.99. The third-order valence-electron chi connectivity index (χ3n) is 4.04. The van der Waals surface area contributed by atoms with Gasteiger partial charge in [-0.2, -0.15) is 0 Å². The van der Waals surface area contributed by atoms with Gasteiger partial charge in [-0.3, -0.25) is 4.98 Å². The van der Waals surface area contributed by atoms with Crippen LogP contribution in [0.25, 0.3) is 0 Å². The number of rotatable bonds is 5. The van der Waals surface area contributed by atoms with E-state index in [0.717, 1.165) is 19.4 Å². The van der Waals surface area contributed by atoms with Gasteiger partial charge in [0.1, 0.15) is 0 Å². The van der Waals surface area contributed by atoms with Gasteiger partial charge in [0.2, 0.25) is 0 Å². The van der Waals surface area contributed by atoms with Gasteiger partial charge in [0.05, 0.1) is 18.2 Å². The van der Waals surface area contributed by atoms with Gasteiger partial charge in [-0.1, -0.05) is 30.3 Å². The molecule has 1 aromatic carbocycles. The van der Waals surface area contributed by atoms with Crippen LogP contribution in [0.4, 0.5) is 0 Å². The molecule has 0 saturated carbocycles. The second-order valence-corrected chi connectivity index (χ2v) is 5.68. The summed E-state index contributed by atoms with van der Waals surface area (Å²) in [6, 6.07) is 14.9. The third kappa shape index (κ3) is 3.69. The second kappa shape index (κ2) is 6.83. The van der Waals surface area contributed by atoms with Gasteiger partial charge < -0.3 is 10.1 Å². The molecular formula is C18H22N2O. The van der Waals surface area contributed by atoms with Crippen LogP contribution in [0.15, 0.2) is 54.9 Å². The Labute approximate surface area is 126 Å². The van der Waals surface area contributed by atoms with Crippen molar-refractivity contribution in [1.82, 2.24) is 10.3 Å². The van der Waals surface area contributed by atoms with E-state index in [9.17, 15) is 0 Å². The Kier molecular flexibility index (Phi) is 4.63. The van der Waals surface area contributed by atoms with E-state index in [4.69, 9.17) is 4.74 Å². The first-order valence-electron chi connectivity index (χ1n) is 7.66. The molecule has 1 saturated heterocycles. The molecule has 1 aliphatic heterocycles. The summed E-state index contributed by atoms with van der Waals surface area (Å²) in [5, 5.41) is 3.66. The summed E-state index contributed by atoms with van der Waals surface area (Å²) >= 11 is 0. The largest absolute Gasteiger partial charge is 0.374 e. The zero-order valence-electron chi connectivity index (χ0n) is 12.4. The van der Waals surface area contributed by atoms with Crippen molar-refractivity contribution >= 4 is 0 Å². The monoisotopic (exact) mass is 282 g/mol. The van der Waals surface area contributed by atoms with E-state index < -0.39 is 0 Å². The lowest BCUT2D eigenvalue weighted by Crippen LogP contribution is -2.31. The van der Waals surface area contributed by atoms with Crippen molar-refractivity contribution in [3.05, 3.63) is 66.0 Å². The average Bonchev–Trinajstić information content (AvgIpc) is 2.95. The number of aromatic nitrogens is 1. The van der Waals surface area contributed by atoms with E-state index in [1.165, 1.54) is 11.1 Å². The Morgan fingerprint density at radius 1 is 1.10 bits per heavy atom. The summed E-state index contributed by atoms with van der Waals surface area (Å²) in [5.41, 5.74) is 2.51. The second-order valence-electron chi connectivity index (χ2n) is 5.68. The highest BCUT2D eigenvalue weighted by molar-refractivity contribution is 5.30. The highest BCUT2D eigenvalue weighted by Gasteiger charge is 2.23. The van der Waals surface area contributed by atoms with E-state index in [1.54, 1.807) is 0 Å². The fourth-order valence-corrected chi connectivity index (χ4v) is 2.91. The Hall–Kier alpha value is -1.71. The maximum absolute atomic E-state index is 5.91. The zero-order valence-corrected chi connectivity index (χ0v) is 12.4. The minimum Gasteiger partial charge on any atom is -0.374 e. The summed E-state index contributed by atoms with van der Waals surface area (Å²) in [7, 11) is 0. The van der Waals surface area contributed by atoms with Crippen molar-refractivity contribution in [2.24, 2.45) is 0 Å². The Bertz CT molecular complexity index is 504. The number of benzene rings is 1. The number of hydrogen-bond acceptors (Lipinski definition) is 3. The molecule has 3 rings (SSSR count). The van der Waals surface area contributed by atoms with Crippen molar-refractivity contribution < 1.29 is 4.74 Å². The number of nitrogens with one attached hydrogen (secondary N) is 1. The van der Waals surface area contributed by atoms with Crippen LogP contribution >= 0.6 is 0 Å². The molecule has 110 valence electrons. The van der Waals surface area contributed by atoms with Crippen molar-refractivity contribution in [1.29, 1.82) is 0 Å². The minimum absolute atomic E-state index is 0.189. The average molecular weight is 282 g/mol. The summed E-state index contributed by atoms with van der Waals surface area (Å²) in [6.07, 6.45) is 6.73. The summed E-state index contributed by atoms with van der Waals surface area (Å²) in [5.74, 6) is 0. The fraction of sp³-hybridized carbons (Fsp3) is 0.389. The molecule has 0 spiro atoms. The first kappa shape index (κ1) is 14.2. The van der Waals surface area contributed by atoms with Crippen molar-refractivity contribution in [2.75, 3.05) is 6.54 Å². The first-order chi connectivity index (χ1) is 10.3. The molecule has 1 N–H and O–H groups in total. The maximum atomic E-state index is 5.91. The molecule has 2 heterocycles. The quantitative estimate of drug-likeness (QED) is 0.913. The van der Waals surface area contributed by atoms with Gasteiger partial charge in [-0.25, -0.2) is 0 Å². The lowest BCUT2D eigenvalue weighted by molar-refractivity contribution is 0.0550. The van der Waals surface area contributed by atoms with E-state index in [0.29, 0.717) is 12.2 Å². The lowest BCUT2D eigenvalue weighted by Gasteiger charge is -2.22.